The zero-order valence-electron chi connectivity index (χ0n) is 10.8. The van der Waals surface area contributed by atoms with Crippen molar-refractivity contribution in [3.05, 3.63) is 28.5 Å². The van der Waals surface area contributed by atoms with Crippen LogP contribution in [0.15, 0.2) is 12.3 Å². The predicted molar refractivity (Wildman–Crippen MR) is 73.9 cm³/mol. The molecule has 0 aliphatic heterocycles. The lowest BCUT2D eigenvalue weighted by Gasteiger charge is -2.19. The third-order valence-electron chi connectivity index (χ3n) is 3.48. The number of nitrogens with two attached hydrogens (primary N) is 1. The van der Waals surface area contributed by atoms with Crippen LogP contribution in [-0.4, -0.2) is 14.8 Å². The van der Waals surface area contributed by atoms with Gasteiger partial charge in [0.25, 0.3) is 0 Å². The van der Waals surface area contributed by atoms with Crippen LogP contribution in [0.3, 0.4) is 0 Å². The van der Waals surface area contributed by atoms with Gasteiger partial charge in [-0.2, -0.15) is 5.10 Å². The van der Waals surface area contributed by atoms with Gasteiger partial charge in [-0.25, -0.2) is 4.98 Å². The van der Waals surface area contributed by atoms with E-state index in [2.05, 4.69) is 31.1 Å². The molecule has 0 radical (unpaired) electrons. The molecule has 0 aromatic carbocycles. The molecule has 3 rings (SSSR count). The van der Waals surface area contributed by atoms with E-state index in [9.17, 15) is 0 Å². The third kappa shape index (κ3) is 1.92. The van der Waals surface area contributed by atoms with E-state index in [-0.39, 0.29) is 0 Å². The first-order chi connectivity index (χ1) is 8.65. The van der Waals surface area contributed by atoms with Crippen LogP contribution < -0.4 is 5.73 Å². The molecule has 2 N–H and O–H groups in total. The number of nitrogens with zero attached hydrogens (tertiary/aromatic N) is 3. The number of aryl methyl sites for hydroxylation is 1. The minimum absolute atomic E-state index is 0.392. The summed E-state index contributed by atoms with van der Waals surface area (Å²) in [7, 11) is 0. The maximum Gasteiger partial charge on any atom is 0.180 e. The summed E-state index contributed by atoms with van der Waals surface area (Å²) >= 11 is 1.63. The van der Waals surface area contributed by atoms with E-state index in [1.807, 2.05) is 4.68 Å². The third-order valence-corrected chi connectivity index (χ3v) is 4.52. The average molecular weight is 262 g/mol. The minimum atomic E-state index is 0.392. The molecule has 18 heavy (non-hydrogen) atoms. The Labute approximate surface area is 111 Å². The molecule has 1 atom stereocenters. The van der Waals surface area contributed by atoms with E-state index in [1.54, 1.807) is 11.3 Å². The first kappa shape index (κ1) is 11.7. The fourth-order valence-electron chi connectivity index (χ4n) is 2.55. The number of fused-ring (bicyclic) bond motifs is 1. The lowest BCUT2D eigenvalue weighted by Crippen LogP contribution is -2.11. The van der Waals surface area contributed by atoms with Gasteiger partial charge in [-0.1, -0.05) is 0 Å². The molecule has 1 aliphatic rings. The molecule has 2 aromatic rings. The van der Waals surface area contributed by atoms with Gasteiger partial charge in [0.15, 0.2) is 5.13 Å². The fourth-order valence-corrected chi connectivity index (χ4v) is 3.57. The van der Waals surface area contributed by atoms with Crippen molar-refractivity contribution in [1.82, 2.24) is 14.8 Å². The molecule has 4 nitrogen and oxygen atoms in total. The molecule has 0 saturated carbocycles. The first-order valence-electron chi connectivity index (χ1n) is 6.45. The Kier molecular flexibility index (Phi) is 2.86. The number of rotatable bonds is 2. The van der Waals surface area contributed by atoms with Gasteiger partial charge in [-0.3, -0.25) is 4.68 Å². The van der Waals surface area contributed by atoms with E-state index in [0.29, 0.717) is 17.1 Å². The normalized spacial score (nSPS) is 19.2. The molecule has 1 unspecified atom stereocenters. The second-order valence-corrected chi connectivity index (χ2v) is 6.18. The van der Waals surface area contributed by atoms with Crippen LogP contribution in [0.5, 0.6) is 0 Å². The molecule has 0 saturated heterocycles. The molecule has 2 heterocycles. The summed E-state index contributed by atoms with van der Waals surface area (Å²) in [5.74, 6) is 0.392. The summed E-state index contributed by atoms with van der Waals surface area (Å²) < 4.78 is 2.02. The second kappa shape index (κ2) is 4.39. The summed E-state index contributed by atoms with van der Waals surface area (Å²) in [6.07, 6.45) is 5.46. The Hall–Kier alpha value is -1.36. The predicted octanol–water partition coefficient (Wildman–Crippen LogP) is 2.97. The Morgan fingerprint density at radius 1 is 1.50 bits per heavy atom. The molecule has 1 aliphatic carbocycles. The molecule has 5 heteroatoms. The Balaban J connectivity index is 1.97. The highest BCUT2D eigenvalue weighted by Gasteiger charge is 2.27. The maximum absolute atomic E-state index is 5.83. The van der Waals surface area contributed by atoms with Crippen LogP contribution in [0.1, 0.15) is 54.9 Å². The van der Waals surface area contributed by atoms with E-state index >= 15 is 0 Å². The monoisotopic (exact) mass is 262 g/mol. The molecule has 0 spiro atoms. The number of hydrogen-bond acceptors (Lipinski definition) is 4. The van der Waals surface area contributed by atoms with Gasteiger partial charge >= 0.3 is 0 Å². The lowest BCUT2D eigenvalue weighted by atomic mass is 9.89. The van der Waals surface area contributed by atoms with Gasteiger partial charge in [0, 0.05) is 23.0 Å². The fraction of sp³-hybridized carbons (Fsp3) is 0.538. The van der Waals surface area contributed by atoms with Crippen LogP contribution in [-0.2, 0) is 6.42 Å². The van der Waals surface area contributed by atoms with Gasteiger partial charge in [0.05, 0.1) is 11.4 Å². The zero-order chi connectivity index (χ0) is 12.7. The molecule has 96 valence electrons. The lowest BCUT2D eigenvalue weighted by molar-refractivity contribution is 0.514. The van der Waals surface area contributed by atoms with E-state index in [4.69, 9.17) is 10.8 Å². The van der Waals surface area contributed by atoms with E-state index < -0.39 is 0 Å². The van der Waals surface area contributed by atoms with Crippen molar-refractivity contribution in [3.63, 3.8) is 0 Å². The molecule has 2 aromatic heterocycles. The second-order valence-electron chi connectivity index (χ2n) is 5.12. The first-order valence-corrected chi connectivity index (χ1v) is 7.27. The Bertz CT molecular complexity index is 555. The van der Waals surface area contributed by atoms with Crippen molar-refractivity contribution >= 4 is 16.5 Å². The molecule has 0 amide bonds. The number of aromatic nitrogens is 3. The highest BCUT2D eigenvalue weighted by Crippen LogP contribution is 2.40. The van der Waals surface area contributed by atoms with Crippen molar-refractivity contribution in [2.75, 3.05) is 5.73 Å². The highest BCUT2D eigenvalue weighted by molar-refractivity contribution is 7.15. The standard InChI is InChI=1S/C13H18N4S/c1-8(2)17-7-6-10(16-17)9-4-3-5-11-12(9)18-13(14)15-11/h6-9H,3-5H2,1-2H3,(H2,14,15). The Morgan fingerprint density at radius 3 is 3.06 bits per heavy atom. The van der Waals surface area contributed by atoms with Gasteiger partial charge in [-0.15, -0.1) is 11.3 Å². The minimum Gasteiger partial charge on any atom is -0.375 e. The zero-order valence-corrected chi connectivity index (χ0v) is 11.6. The van der Waals surface area contributed by atoms with E-state index in [1.165, 1.54) is 17.0 Å². The summed E-state index contributed by atoms with van der Waals surface area (Å²) in [5, 5.41) is 5.39. The number of thiazole rings is 1. The highest BCUT2D eigenvalue weighted by atomic mass is 32.1. The van der Waals surface area contributed by atoms with Gasteiger partial charge in [-0.05, 0) is 39.2 Å². The van der Waals surface area contributed by atoms with Crippen LogP contribution in [0.25, 0.3) is 0 Å². The summed E-state index contributed by atoms with van der Waals surface area (Å²) in [6.45, 7) is 4.29. The molecular weight excluding hydrogens is 244 g/mol. The maximum atomic E-state index is 5.83. The SMILES string of the molecule is CC(C)n1ccc(C2CCCc3nc(N)sc32)n1. The van der Waals surface area contributed by atoms with Crippen molar-refractivity contribution < 1.29 is 0 Å². The van der Waals surface area contributed by atoms with Crippen molar-refractivity contribution in [1.29, 1.82) is 0 Å². The van der Waals surface area contributed by atoms with E-state index in [0.717, 1.165) is 18.5 Å². The number of nitrogen functional groups attached to an aromatic ring is 1. The van der Waals surface area contributed by atoms with Crippen molar-refractivity contribution in [2.45, 2.75) is 45.1 Å². The number of anilines is 1. The van der Waals surface area contributed by atoms with Crippen molar-refractivity contribution in [3.8, 4) is 0 Å². The molecule has 0 fully saturated rings. The summed E-state index contributed by atoms with van der Waals surface area (Å²) in [6, 6.07) is 2.55. The molecular formula is C13H18N4S. The summed E-state index contributed by atoms with van der Waals surface area (Å²) in [4.78, 5) is 5.76. The van der Waals surface area contributed by atoms with Crippen LogP contribution >= 0.6 is 11.3 Å². The van der Waals surface area contributed by atoms with Gasteiger partial charge in [0.1, 0.15) is 0 Å². The molecule has 0 bridgehead atoms. The topological polar surface area (TPSA) is 56.7 Å². The number of hydrogen-bond donors (Lipinski definition) is 1. The van der Waals surface area contributed by atoms with Crippen LogP contribution in [0.2, 0.25) is 0 Å². The Morgan fingerprint density at radius 2 is 2.33 bits per heavy atom. The largest absolute Gasteiger partial charge is 0.375 e. The van der Waals surface area contributed by atoms with Crippen LogP contribution in [0.4, 0.5) is 5.13 Å². The smallest absolute Gasteiger partial charge is 0.180 e. The van der Waals surface area contributed by atoms with Gasteiger partial charge in [0.2, 0.25) is 0 Å². The quantitative estimate of drug-likeness (QED) is 0.905. The van der Waals surface area contributed by atoms with Crippen LogP contribution in [0, 0.1) is 0 Å². The average Bonchev–Trinajstić information content (AvgIpc) is 2.92. The summed E-state index contributed by atoms with van der Waals surface area (Å²) in [5.41, 5.74) is 8.18. The van der Waals surface area contributed by atoms with Gasteiger partial charge < -0.3 is 5.73 Å². The van der Waals surface area contributed by atoms with Crippen molar-refractivity contribution in [2.24, 2.45) is 0 Å².